The van der Waals surface area contributed by atoms with Crippen molar-refractivity contribution in [2.45, 2.75) is 33.3 Å². The molecule has 0 amide bonds. The minimum atomic E-state index is -0.711. The molecule has 2 heterocycles. The lowest BCUT2D eigenvalue weighted by atomic mass is 9.85. The van der Waals surface area contributed by atoms with Crippen molar-refractivity contribution in [3.05, 3.63) is 163 Å². The second-order valence-corrected chi connectivity index (χ2v) is 11.2. The number of rotatable bonds is 10. The van der Waals surface area contributed by atoms with Gasteiger partial charge in [-0.2, -0.15) is 0 Å². The lowest BCUT2D eigenvalue weighted by Gasteiger charge is -2.19. The molecular formula is C36H33ClN4O4. The Morgan fingerprint density at radius 3 is 1.73 bits per heavy atom. The van der Waals surface area contributed by atoms with Gasteiger partial charge in [0.25, 0.3) is 11.1 Å². The van der Waals surface area contributed by atoms with Crippen LogP contribution >= 0.6 is 11.6 Å². The van der Waals surface area contributed by atoms with Crippen molar-refractivity contribution in [1.82, 2.24) is 19.6 Å². The maximum absolute atomic E-state index is 14.2. The smallest absolute Gasteiger partial charge is 0.275 e. The maximum atomic E-state index is 14.2. The Morgan fingerprint density at radius 2 is 1.22 bits per heavy atom. The molecule has 0 saturated carbocycles. The lowest BCUT2D eigenvalue weighted by molar-refractivity contribution is 0.269. The van der Waals surface area contributed by atoms with Crippen molar-refractivity contribution in [3.63, 3.8) is 0 Å². The zero-order valence-corrected chi connectivity index (χ0v) is 26.0. The highest BCUT2D eigenvalue weighted by molar-refractivity contribution is 6.30. The number of aromatic nitrogens is 4. The zero-order chi connectivity index (χ0) is 31.5. The van der Waals surface area contributed by atoms with E-state index in [-0.39, 0.29) is 11.1 Å². The lowest BCUT2D eigenvalue weighted by Crippen LogP contribution is -2.25. The van der Waals surface area contributed by atoms with E-state index in [1.807, 2.05) is 124 Å². The van der Waals surface area contributed by atoms with Crippen molar-refractivity contribution >= 4 is 11.6 Å². The van der Waals surface area contributed by atoms with Crippen LogP contribution in [0.1, 0.15) is 46.5 Å². The van der Waals surface area contributed by atoms with Gasteiger partial charge in [0.1, 0.15) is 6.61 Å². The number of aryl methyl sites for hydroxylation is 2. The highest BCUT2D eigenvalue weighted by atomic mass is 35.5. The molecule has 0 unspecified atom stereocenters. The summed E-state index contributed by atoms with van der Waals surface area (Å²) in [6, 6.07) is 31.8. The summed E-state index contributed by atoms with van der Waals surface area (Å²) in [5.41, 5.74) is 4.84. The Hall–Kier alpha value is -5.21. The molecule has 0 aliphatic carbocycles. The van der Waals surface area contributed by atoms with E-state index in [4.69, 9.17) is 21.1 Å². The quantitative estimate of drug-likeness (QED) is 0.171. The van der Waals surface area contributed by atoms with Gasteiger partial charge >= 0.3 is 0 Å². The first-order valence-electron chi connectivity index (χ1n) is 14.7. The van der Waals surface area contributed by atoms with Crippen LogP contribution in [0.25, 0.3) is 11.4 Å². The molecule has 6 aromatic rings. The summed E-state index contributed by atoms with van der Waals surface area (Å²) >= 11 is 6.05. The van der Waals surface area contributed by atoms with Crippen molar-refractivity contribution in [2.75, 3.05) is 6.61 Å². The standard InChI is InChI=1S/C36H33ClN4O4/c1-4-44-31-21-26(17-20-30(31)45-22-25-15-18-27(37)19-16-25)34(32-23(2)38-40(35(32)42)28-11-7-5-8-12-28)33-24(3)39-41(36(33)43)29-13-9-6-10-14-29/h5-21,34,38-39H,4,22H2,1-3H3. The number of aromatic amines is 2. The third kappa shape index (κ3) is 5.97. The number of para-hydroxylation sites is 2. The minimum Gasteiger partial charge on any atom is -0.490 e. The van der Waals surface area contributed by atoms with Gasteiger partial charge in [0.2, 0.25) is 0 Å². The number of ether oxygens (including phenoxy) is 2. The van der Waals surface area contributed by atoms with Crippen LogP contribution in [0.2, 0.25) is 5.02 Å². The molecule has 0 bridgehead atoms. The largest absolute Gasteiger partial charge is 0.490 e. The first-order valence-corrected chi connectivity index (χ1v) is 15.1. The third-order valence-corrected chi connectivity index (χ3v) is 8.00. The van der Waals surface area contributed by atoms with E-state index in [2.05, 4.69) is 10.2 Å². The number of benzene rings is 4. The average molecular weight is 621 g/mol. The van der Waals surface area contributed by atoms with Gasteiger partial charge in [-0.15, -0.1) is 0 Å². The molecule has 2 aromatic heterocycles. The monoisotopic (exact) mass is 620 g/mol. The van der Waals surface area contributed by atoms with Gasteiger partial charge in [-0.1, -0.05) is 66.2 Å². The highest BCUT2D eigenvalue weighted by Crippen LogP contribution is 2.38. The summed E-state index contributed by atoms with van der Waals surface area (Å²) in [5.74, 6) is 0.355. The SMILES string of the molecule is CCOc1cc(C(c2c(C)[nH]n(-c3ccccc3)c2=O)c2c(C)[nH]n(-c3ccccc3)c2=O)ccc1OCc1ccc(Cl)cc1. The maximum Gasteiger partial charge on any atom is 0.275 e. The summed E-state index contributed by atoms with van der Waals surface area (Å²) in [7, 11) is 0. The molecule has 8 nitrogen and oxygen atoms in total. The summed E-state index contributed by atoms with van der Waals surface area (Å²) in [5, 5.41) is 7.13. The van der Waals surface area contributed by atoms with E-state index in [0.29, 0.717) is 63.6 Å². The molecule has 0 radical (unpaired) electrons. The molecule has 0 spiro atoms. The predicted octanol–water partition coefficient (Wildman–Crippen LogP) is 7.07. The van der Waals surface area contributed by atoms with Crippen LogP contribution < -0.4 is 20.6 Å². The number of halogens is 1. The summed E-state index contributed by atoms with van der Waals surface area (Å²) in [4.78, 5) is 28.4. The molecule has 0 atom stereocenters. The number of nitrogens with zero attached hydrogens (tertiary/aromatic N) is 2. The first kappa shape index (κ1) is 29.8. The Bertz CT molecular complexity index is 1940. The van der Waals surface area contributed by atoms with Crippen molar-refractivity contribution in [3.8, 4) is 22.9 Å². The average Bonchev–Trinajstić information content (AvgIpc) is 3.52. The van der Waals surface area contributed by atoms with Crippen LogP contribution in [0.15, 0.2) is 113 Å². The van der Waals surface area contributed by atoms with E-state index in [1.165, 1.54) is 9.36 Å². The van der Waals surface area contributed by atoms with Crippen LogP contribution in [0, 0.1) is 13.8 Å². The third-order valence-electron chi connectivity index (χ3n) is 7.75. The van der Waals surface area contributed by atoms with Gasteiger partial charge < -0.3 is 9.47 Å². The minimum absolute atomic E-state index is 0.240. The van der Waals surface area contributed by atoms with Crippen LogP contribution in [0.3, 0.4) is 0 Å². The van der Waals surface area contributed by atoms with E-state index < -0.39 is 5.92 Å². The molecule has 4 aromatic carbocycles. The fourth-order valence-corrected chi connectivity index (χ4v) is 5.75. The van der Waals surface area contributed by atoms with Crippen molar-refractivity contribution in [2.24, 2.45) is 0 Å². The topological polar surface area (TPSA) is 94.0 Å². The summed E-state index contributed by atoms with van der Waals surface area (Å²) in [6.07, 6.45) is 0. The van der Waals surface area contributed by atoms with Gasteiger partial charge in [0.15, 0.2) is 11.5 Å². The van der Waals surface area contributed by atoms with Crippen LogP contribution in [-0.2, 0) is 6.61 Å². The molecule has 0 aliphatic rings. The summed E-state index contributed by atoms with van der Waals surface area (Å²) < 4.78 is 15.2. The van der Waals surface area contributed by atoms with Gasteiger partial charge in [-0.3, -0.25) is 19.8 Å². The Balaban J connectivity index is 1.51. The summed E-state index contributed by atoms with van der Waals surface area (Å²) in [6.45, 7) is 6.33. The molecule has 2 N–H and O–H groups in total. The van der Waals surface area contributed by atoms with Gasteiger partial charge in [-0.25, -0.2) is 9.36 Å². The van der Waals surface area contributed by atoms with E-state index >= 15 is 0 Å². The van der Waals surface area contributed by atoms with Gasteiger partial charge in [0.05, 0.1) is 29.1 Å². The molecule has 0 saturated heterocycles. The second-order valence-electron chi connectivity index (χ2n) is 10.7. The second kappa shape index (κ2) is 12.8. The fourth-order valence-electron chi connectivity index (χ4n) is 5.63. The number of nitrogens with one attached hydrogen (secondary N) is 2. The Morgan fingerprint density at radius 1 is 0.689 bits per heavy atom. The molecule has 45 heavy (non-hydrogen) atoms. The molecule has 9 heteroatoms. The first-order chi connectivity index (χ1) is 21.9. The predicted molar refractivity (Wildman–Crippen MR) is 177 cm³/mol. The molecule has 228 valence electrons. The van der Waals surface area contributed by atoms with E-state index in [1.54, 1.807) is 0 Å². The number of hydrogen-bond acceptors (Lipinski definition) is 4. The van der Waals surface area contributed by atoms with Crippen LogP contribution in [0.5, 0.6) is 11.5 Å². The highest BCUT2D eigenvalue weighted by Gasteiger charge is 2.31. The van der Waals surface area contributed by atoms with Gasteiger partial charge in [-0.05, 0) is 80.4 Å². The normalized spacial score (nSPS) is 11.2. The molecule has 6 rings (SSSR count). The molecular weight excluding hydrogens is 588 g/mol. The fraction of sp³-hybridized carbons (Fsp3) is 0.167. The van der Waals surface area contributed by atoms with Crippen LogP contribution in [0.4, 0.5) is 0 Å². The van der Waals surface area contributed by atoms with Crippen molar-refractivity contribution < 1.29 is 9.47 Å². The van der Waals surface area contributed by atoms with Gasteiger partial charge in [0, 0.05) is 22.3 Å². The van der Waals surface area contributed by atoms with E-state index in [0.717, 1.165) is 11.1 Å². The van der Waals surface area contributed by atoms with Crippen molar-refractivity contribution in [1.29, 1.82) is 0 Å². The number of hydrogen-bond donors (Lipinski definition) is 2. The molecule has 0 fully saturated rings. The van der Waals surface area contributed by atoms with E-state index in [9.17, 15) is 9.59 Å². The molecule has 0 aliphatic heterocycles. The van der Waals surface area contributed by atoms with Crippen LogP contribution in [-0.4, -0.2) is 26.2 Å². The Kier molecular flexibility index (Phi) is 8.49. The number of H-pyrrole nitrogens is 2. The Labute approximate surface area is 265 Å². The zero-order valence-electron chi connectivity index (χ0n) is 25.2.